The van der Waals surface area contributed by atoms with Crippen LogP contribution in [0.15, 0.2) is 35.8 Å². The molecule has 0 aliphatic rings. The molecule has 3 rings (SSSR count). The normalized spacial score (nSPS) is 10.6. The largest absolute Gasteiger partial charge is 0.342 e. The minimum absolute atomic E-state index is 0.238. The van der Waals surface area contributed by atoms with Crippen LogP contribution in [0.2, 0.25) is 0 Å². The fraction of sp³-hybridized carbons (Fsp3) is 0.133. The Kier molecular flexibility index (Phi) is 3.99. The summed E-state index contributed by atoms with van der Waals surface area (Å²) in [4.78, 5) is 23.7. The molecule has 0 saturated heterocycles. The second kappa shape index (κ2) is 6.08. The number of rotatable bonds is 4. The Hall–Kier alpha value is -2.51. The Morgan fingerprint density at radius 2 is 2.14 bits per heavy atom. The van der Waals surface area contributed by atoms with Gasteiger partial charge in [-0.2, -0.15) is 0 Å². The maximum atomic E-state index is 12.1. The molecule has 3 aromatic rings. The van der Waals surface area contributed by atoms with E-state index in [1.807, 2.05) is 31.2 Å². The Morgan fingerprint density at radius 3 is 2.73 bits per heavy atom. The Bertz CT molecular complexity index is 790. The van der Waals surface area contributed by atoms with E-state index in [1.54, 1.807) is 11.6 Å². The lowest BCUT2D eigenvalue weighted by Crippen LogP contribution is -2.12. The van der Waals surface area contributed by atoms with Crippen LogP contribution in [0, 0.1) is 6.92 Å². The number of hydrogen-bond acceptors (Lipinski definition) is 5. The molecule has 2 aromatic heterocycles. The number of nitrogens with two attached hydrogens (primary N) is 1. The zero-order chi connectivity index (χ0) is 15.5. The molecule has 0 aliphatic carbocycles. The van der Waals surface area contributed by atoms with Crippen LogP contribution >= 0.6 is 11.3 Å². The van der Waals surface area contributed by atoms with Crippen molar-refractivity contribution in [2.75, 3.05) is 5.32 Å². The molecule has 1 aromatic carbocycles. The van der Waals surface area contributed by atoms with Crippen molar-refractivity contribution < 1.29 is 4.79 Å². The van der Waals surface area contributed by atoms with Crippen molar-refractivity contribution in [3.63, 3.8) is 0 Å². The van der Waals surface area contributed by atoms with Crippen LogP contribution < -0.4 is 11.1 Å². The quantitative estimate of drug-likeness (QED) is 0.689. The van der Waals surface area contributed by atoms with Gasteiger partial charge in [-0.15, -0.1) is 11.3 Å². The van der Waals surface area contributed by atoms with Gasteiger partial charge < -0.3 is 16.0 Å². The van der Waals surface area contributed by atoms with Gasteiger partial charge >= 0.3 is 0 Å². The highest BCUT2D eigenvalue weighted by Gasteiger charge is 2.10. The van der Waals surface area contributed by atoms with Crippen molar-refractivity contribution in [2.45, 2.75) is 13.5 Å². The number of hydrogen-bond donors (Lipinski definition) is 3. The fourth-order valence-corrected chi connectivity index (χ4v) is 2.63. The first kappa shape index (κ1) is 14.4. The molecule has 0 radical (unpaired) electrons. The summed E-state index contributed by atoms with van der Waals surface area (Å²) in [5.74, 6) is 0.569. The number of nitrogens with zero attached hydrogens (tertiary/aromatic N) is 2. The molecule has 1 amide bonds. The SMILES string of the molecule is Cc1cnc(-c2ccc(NC(=O)c3csc(CN)n3)cc2)[nH]1. The average molecular weight is 313 g/mol. The van der Waals surface area contributed by atoms with E-state index in [9.17, 15) is 4.79 Å². The van der Waals surface area contributed by atoms with Gasteiger partial charge in [-0.05, 0) is 31.2 Å². The van der Waals surface area contributed by atoms with E-state index in [1.165, 1.54) is 11.3 Å². The summed E-state index contributed by atoms with van der Waals surface area (Å²) in [6.45, 7) is 2.30. The highest BCUT2D eigenvalue weighted by Crippen LogP contribution is 2.19. The summed E-state index contributed by atoms with van der Waals surface area (Å²) in [6.07, 6.45) is 1.78. The first-order valence-electron chi connectivity index (χ1n) is 6.73. The number of aromatic amines is 1. The molecular weight excluding hydrogens is 298 g/mol. The third-order valence-corrected chi connectivity index (χ3v) is 3.95. The third kappa shape index (κ3) is 3.05. The van der Waals surface area contributed by atoms with Gasteiger partial charge in [0.2, 0.25) is 0 Å². The minimum atomic E-state index is -0.238. The number of carbonyl (C=O) groups is 1. The van der Waals surface area contributed by atoms with E-state index in [0.29, 0.717) is 17.9 Å². The standard InChI is InChI=1S/C15H15N5OS/c1-9-7-17-14(18-9)10-2-4-11(5-3-10)19-15(21)12-8-22-13(6-16)20-12/h2-5,7-8H,6,16H2,1H3,(H,17,18)(H,19,21). The summed E-state index contributed by atoms with van der Waals surface area (Å²) in [5.41, 5.74) is 8.56. The third-order valence-electron chi connectivity index (χ3n) is 3.08. The van der Waals surface area contributed by atoms with Gasteiger partial charge in [0.15, 0.2) is 0 Å². The van der Waals surface area contributed by atoms with Gasteiger partial charge in [-0.1, -0.05) is 0 Å². The molecule has 0 unspecified atom stereocenters. The predicted molar refractivity (Wildman–Crippen MR) is 86.7 cm³/mol. The van der Waals surface area contributed by atoms with Crippen molar-refractivity contribution in [2.24, 2.45) is 5.73 Å². The monoisotopic (exact) mass is 313 g/mol. The highest BCUT2D eigenvalue weighted by atomic mass is 32.1. The smallest absolute Gasteiger partial charge is 0.275 e. The summed E-state index contributed by atoms with van der Waals surface area (Å²) in [5, 5.41) is 5.26. The Labute approximate surface area is 131 Å². The van der Waals surface area contributed by atoms with Gasteiger partial charge in [-0.3, -0.25) is 4.79 Å². The molecule has 0 spiro atoms. The van der Waals surface area contributed by atoms with E-state index in [0.717, 1.165) is 22.1 Å². The number of aromatic nitrogens is 3. The number of thiazole rings is 1. The van der Waals surface area contributed by atoms with Crippen LogP contribution in [-0.4, -0.2) is 20.9 Å². The molecule has 2 heterocycles. The second-order valence-corrected chi connectivity index (χ2v) is 5.72. The van der Waals surface area contributed by atoms with E-state index in [2.05, 4.69) is 20.3 Å². The lowest BCUT2D eigenvalue weighted by atomic mass is 10.2. The number of nitrogens with one attached hydrogen (secondary N) is 2. The van der Waals surface area contributed by atoms with E-state index in [4.69, 9.17) is 5.73 Å². The maximum absolute atomic E-state index is 12.1. The Morgan fingerprint density at radius 1 is 1.36 bits per heavy atom. The van der Waals surface area contributed by atoms with Gasteiger partial charge in [0, 0.05) is 35.1 Å². The first-order valence-corrected chi connectivity index (χ1v) is 7.61. The highest BCUT2D eigenvalue weighted by molar-refractivity contribution is 7.09. The van der Waals surface area contributed by atoms with Gasteiger partial charge in [0.25, 0.3) is 5.91 Å². The van der Waals surface area contributed by atoms with Gasteiger partial charge in [0.1, 0.15) is 16.5 Å². The molecular formula is C15H15N5OS. The van der Waals surface area contributed by atoms with Crippen LogP contribution in [-0.2, 0) is 6.54 Å². The molecule has 0 aliphatic heterocycles. The summed E-state index contributed by atoms with van der Waals surface area (Å²) < 4.78 is 0. The molecule has 4 N–H and O–H groups in total. The lowest BCUT2D eigenvalue weighted by Gasteiger charge is -2.04. The van der Waals surface area contributed by atoms with Crippen LogP contribution in [0.1, 0.15) is 21.2 Å². The summed E-state index contributed by atoms with van der Waals surface area (Å²) in [7, 11) is 0. The van der Waals surface area contributed by atoms with Crippen LogP contribution in [0.3, 0.4) is 0 Å². The predicted octanol–water partition coefficient (Wildman–Crippen LogP) is 2.55. The summed E-state index contributed by atoms with van der Waals surface area (Å²) >= 11 is 1.38. The molecule has 0 fully saturated rings. The minimum Gasteiger partial charge on any atom is -0.342 e. The molecule has 112 valence electrons. The van der Waals surface area contributed by atoms with Crippen LogP contribution in [0.25, 0.3) is 11.4 Å². The average Bonchev–Trinajstić information content (AvgIpc) is 3.17. The number of anilines is 1. The second-order valence-electron chi connectivity index (χ2n) is 4.78. The fourth-order valence-electron chi connectivity index (χ4n) is 1.97. The number of carbonyl (C=O) groups excluding carboxylic acids is 1. The van der Waals surface area contributed by atoms with E-state index in [-0.39, 0.29) is 5.91 Å². The zero-order valence-electron chi connectivity index (χ0n) is 12.0. The molecule has 0 bridgehead atoms. The van der Waals surface area contributed by atoms with Crippen molar-refractivity contribution in [3.05, 3.63) is 52.2 Å². The Balaban J connectivity index is 1.72. The van der Waals surface area contributed by atoms with Crippen LogP contribution in [0.5, 0.6) is 0 Å². The molecule has 7 heteroatoms. The maximum Gasteiger partial charge on any atom is 0.275 e. The number of benzene rings is 1. The van der Waals surface area contributed by atoms with E-state index >= 15 is 0 Å². The topological polar surface area (TPSA) is 96.7 Å². The number of imidazole rings is 1. The van der Waals surface area contributed by atoms with Gasteiger partial charge in [0.05, 0.1) is 0 Å². The van der Waals surface area contributed by atoms with Crippen molar-refractivity contribution in [1.82, 2.24) is 15.0 Å². The molecule has 0 saturated carbocycles. The molecule has 0 atom stereocenters. The number of H-pyrrole nitrogens is 1. The number of aryl methyl sites for hydroxylation is 1. The first-order chi connectivity index (χ1) is 10.7. The van der Waals surface area contributed by atoms with Crippen molar-refractivity contribution in [1.29, 1.82) is 0 Å². The van der Waals surface area contributed by atoms with Crippen molar-refractivity contribution >= 4 is 22.9 Å². The van der Waals surface area contributed by atoms with Crippen LogP contribution in [0.4, 0.5) is 5.69 Å². The van der Waals surface area contributed by atoms with E-state index < -0.39 is 0 Å². The molecule has 6 nitrogen and oxygen atoms in total. The summed E-state index contributed by atoms with van der Waals surface area (Å²) in [6, 6.07) is 7.48. The van der Waals surface area contributed by atoms with Crippen molar-refractivity contribution in [3.8, 4) is 11.4 Å². The molecule has 22 heavy (non-hydrogen) atoms. The lowest BCUT2D eigenvalue weighted by molar-refractivity contribution is 0.102. The number of amides is 1. The van der Waals surface area contributed by atoms with Gasteiger partial charge in [-0.25, -0.2) is 9.97 Å². The zero-order valence-corrected chi connectivity index (χ0v) is 12.8.